The molecule has 3 nitrogen and oxygen atoms in total. The van der Waals surface area contributed by atoms with Crippen molar-refractivity contribution in [3.8, 4) is 0 Å². The number of hydrogen-bond donors (Lipinski definition) is 0. The van der Waals surface area contributed by atoms with Crippen molar-refractivity contribution in [1.29, 1.82) is 0 Å². The molecular weight excluding hydrogens is 279 g/mol. The fraction of sp³-hybridized carbons (Fsp3) is 0.389. The van der Waals surface area contributed by atoms with E-state index >= 15 is 0 Å². The second kappa shape index (κ2) is 5.36. The third-order valence-electron chi connectivity index (χ3n) is 4.91. The van der Waals surface area contributed by atoms with Crippen LogP contribution in [-0.2, 0) is 13.1 Å². The molecule has 4 rings (SSSR count). The van der Waals surface area contributed by atoms with Crippen molar-refractivity contribution in [3.63, 3.8) is 0 Å². The quantitative estimate of drug-likeness (QED) is 0.851. The Morgan fingerprint density at radius 2 is 1.91 bits per heavy atom. The van der Waals surface area contributed by atoms with Gasteiger partial charge in [-0.2, -0.15) is 0 Å². The lowest BCUT2D eigenvalue weighted by Crippen LogP contribution is -2.46. The van der Waals surface area contributed by atoms with Gasteiger partial charge in [-0.3, -0.25) is 9.69 Å². The number of pyridine rings is 1. The van der Waals surface area contributed by atoms with Crippen molar-refractivity contribution < 1.29 is 4.39 Å². The van der Waals surface area contributed by atoms with Gasteiger partial charge in [-0.25, -0.2) is 4.39 Å². The van der Waals surface area contributed by atoms with Crippen molar-refractivity contribution in [2.75, 3.05) is 13.1 Å². The van der Waals surface area contributed by atoms with Crippen LogP contribution in [0.2, 0.25) is 0 Å². The third-order valence-corrected chi connectivity index (χ3v) is 4.91. The number of piperidine rings is 1. The standard InChI is InChI=1S/C18H19FN2O/c19-16-5-2-1-4-14(16)11-20-9-13-8-15(12-20)17-6-3-7-18(22)21(17)10-13/h1-7,13,15H,8-12H2/t13-,15+/m1/s1. The van der Waals surface area contributed by atoms with Crippen LogP contribution in [-0.4, -0.2) is 22.6 Å². The third kappa shape index (κ3) is 2.37. The number of fused-ring (bicyclic) bond motifs is 4. The zero-order chi connectivity index (χ0) is 15.1. The Morgan fingerprint density at radius 3 is 2.77 bits per heavy atom. The minimum atomic E-state index is -0.130. The molecule has 0 aliphatic carbocycles. The zero-order valence-corrected chi connectivity index (χ0v) is 12.4. The fourth-order valence-electron chi connectivity index (χ4n) is 3.99. The molecule has 1 aromatic heterocycles. The molecule has 0 spiro atoms. The van der Waals surface area contributed by atoms with E-state index < -0.39 is 0 Å². The summed E-state index contributed by atoms with van der Waals surface area (Å²) in [5.41, 5.74) is 2.00. The van der Waals surface area contributed by atoms with Gasteiger partial charge in [-0.05, 0) is 24.5 Å². The van der Waals surface area contributed by atoms with E-state index in [1.165, 1.54) is 6.07 Å². The molecule has 2 aliphatic rings. The number of halogens is 1. The topological polar surface area (TPSA) is 25.2 Å². The second-order valence-corrected chi connectivity index (χ2v) is 6.48. The van der Waals surface area contributed by atoms with E-state index in [1.54, 1.807) is 12.1 Å². The van der Waals surface area contributed by atoms with Crippen molar-refractivity contribution in [2.45, 2.75) is 25.4 Å². The Labute approximate surface area is 129 Å². The molecule has 0 saturated carbocycles. The first kappa shape index (κ1) is 13.7. The predicted molar refractivity (Wildman–Crippen MR) is 83.2 cm³/mol. The molecule has 0 N–H and O–H groups in total. The van der Waals surface area contributed by atoms with Gasteiger partial charge >= 0.3 is 0 Å². The van der Waals surface area contributed by atoms with E-state index in [0.29, 0.717) is 18.4 Å². The van der Waals surface area contributed by atoms with E-state index in [1.807, 2.05) is 22.8 Å². The minimum absolute atomic E-state index is 0.106. The SMILES string of the molecule is O=c1cccc2n1C[C@@H]1C[C@H]2CN(Cc2ccccc2F)C1. The summed E-state index contributed by atoms with van der Waals surface area (Å²) < 4.78 is 15.8. The van der Waals surface area contributed by atoms with Gasteiger partial charge in [0, 0.05) is 49.4 Å². The van der Waals surface area contributed by atoms with Crippen LogP contribution >= 0.6 is 0 Å². The molecule has 22 heavy (non-hydrogen) atoms. The molecule has 2 atom stereocenters. The van der Waals surface area contributed by atoms with Crippen LogP contribution in [0.5, 0.6) is 0 Å². The molecule has 2 aromatic rings. The van der Waals surface area contributed by atoms with Gasteiger partial charge in [0.2, 0.25) is 0 Å². The van der Waals surface area contributed by atoms with Gasteiger partial charge < -0.3 is 4.57 Å². The lowest BCUT2D eigenvalue weighted by atomic mass is 9.83. The van der Waals surface area contributed by atoms with Gasteiger partial charge in [0.05, 0.1) is 0 Å². The minimum Gasteiger partial charge on any atom is -0.312 e. The molecule has 2 aliphatic heterocycles. The molecule has 2 bridgehead atoms. The lowest BCUT2D eigenvalue weighted by Gasteiger charge is -2.42. The fourth-order valence-corrected chi connectivity index (χ4v) is 3.99. The maximum absolute atomic E-state index is 13.9. The Kier molecular flexibility index (Phi) is 3.34. The van der Waals surface area contributed by atoms with Gasteiger partial charge in [-0.1, -0.05) is 24.3 Å². The van der Waals surface area contributed by atoms with Gasteiger partial charge in [-0.15, -0.1) is 0 Å². The summed E-state index contributed by atoms with van der Waals surface area (Å²) in [7, 11) is 0. The van der Waals surface area contributed by atoms with Crippen molar-refractivity contribution in [1.82, 2.24) is 9.47 Å². The highest BCUT2D eigenvalue weighted by Crippen LogP contribution is 2.35. The molecule has 1 aromatic carbocycles. The van der Waals surface area contributed by atoms with Crippen LogP contribution in [0.15, 0.2) is 47.3 Å². The van der Waals surface area contributed by atoms with Crippen molar-refractivity contribution in [3.05, 3.63) is 69.9 Å². The summed E-state index contributed by atoms with van der Waals surface area (Å²) in [6.45, 7) is 3.27. The average molecular weight is 298 g/mol. The van der Waals surface area contributed by atoms with Crippen LogP contribution in [0.1, 0.15) is 23.6 Å². The van der Waals surface area contributed by atoms with Gasteiger partial charge in [0.25, 0.3) is 5.56 Å². The molecule has 1 fully saturated rings. The van der Waals surface area contributed by atoms with Crippen LogP contribution in [0.3, 0.4) is 0 Å². The molecule has 0 amide bonds. The van der Waals surface area contributed by atoms with Gasteiger partial charge in [0.1, 0.15) is 5.82 Å². The monoisotopic (exact) mass is 298 g/mol. The largest absolute Gasteiger partial charge is 0.312 e. The first-order chi connectivity index (χ1) is 10.7. The molecule has 0 unspecified atom stereocenters. The highest BCUT2D eigenvalue weighted by Gasteiger charge is 2.34. The maximum Gasteiger partial charge on any atom is 0.250 e. The maximum atomic E-state index is 13.9. The first-order valence-electron chi connectivity index (χ1n) is 7.86. The number of rotatable bonds is 2. The number of aromatic nitrogens is 1. The van der Waals surface area contributed by atoms with Crippen LogP contribution in [0, 0.1) is 11.7 Å². The summed E-state index contributed by atoms with van der Waals surface area (Å²) in [6, 6.07) is 12.6. The van der Waals surface area contributed by atoms with E-state index in [4.69, 9.17) is 0 Å². The molecular formula is C18H19FN2O. The van der Waals surface area contributed by atoms with E-state index in [-0.39, 0.29) is 11.4 Å². The number of benzene rings is 1. The summed E-state index contributed by atoms with van der Waals surface area (Å²) in [4.78, 5) is 14.3. The molecule has 114 valence electrons. The number of nitrogens with zero attached hydrogens (tertiary/aromatic N) is 2. The Morgan fingerprint density at radius 1 is 1.05 bits per heavy atom. The Hall–Kier alpha value is -1.94. The number of likely N-dealkylation sites (tertiary alicyclic amines) is 1. The smallest absolute Gasteiger partial charge is 0.250 e. The molecule has 3 heterocycles. The summed E-state index contributed by atoms with van der Waals surface area (Å²) in [6.07, 6.45) is 1.14. The predicted octanol–water partition coefficient (Wildman–Crippen LogP) is 2.61. The summed E-state index contributed by atoms with van der Waals surface area (Å²) >= 11 is 0. The van der Waals surface area contributed by atoms with Crippen LogP contribution in [0.4, 0.5) is 4.39 Å². The molecule has 1 saturated heterocycles. The molecule has 0 radical (unpaired) electrons. The number of hydrogen-bond acceptors (Lipinski definition) is 2. The molecule has 4 heteroatoms. The highest BCUT2D eigenvalue weighted by atomic mass is 19.1. The highest BCUT2D eigenvalue weighted by molar-refractivity contribution is 5.19. The normalized spacial score (nSPS) is 24.0. The van der Waals surface area contributed by atoms with E-state index in [2.05, 4.69) is 11.0 Å². The Bertz CT molecular complexity index is 755. The zero-order valence-electron chi connectivity index (χ0n) is 12.4. The van der Waals surface area contributed by atoms with Crippen LogP contribution < -0.4 is 5.56 Å². The average Bonchev–Trinajstić information content (AvgIpc) is 2.51. The van der Waals surface area contributed by atoms with Crippen molar-refractivity contribution in [2.24, 2.45) is 5.92 Å². The summed E-state index contributed by atoms with van der Waals surface area (Å²) in [5, 5.41) is 0. The van der Waals surface area contributed by atoms with E-state index in [9.17, 15) is 9.18 Å². The lowest BCUT2D eigenvalue weighted by molar-refractivity contribution is 0.113. The summed E-state index contributed by atoms with van der Waals surface area (Å²) in [5.74, 6) is 0.737. The first-order valence-corrected chi connectivity index (χ1v) is 7.86. The second-order valence-electron chi connectivity index (χ2n) is 6.48. The van der Waals surface area contributed by atoms with Crippen LogP contribution in [0.25, 0.3) is 0 Å². The Balaban J connectivity index is 1.59. The van der Waals surface area contributed by atoms with Crippen molar-refractivity contribution >= 4 is 0 Å². The van der Waals surface area contributed by atoms with Gasteiger partial charge in [0.15, 0.2) is 0 Å². The van der Waals surface area contributed by atoms with E-state index in [0.717, 1.165) is 37.3 Å².